The molecule has 1 aliphatic heterocycles. The standard InChI is InChI=1S/C34H31F7N4/c1-5-19-8-7-9-20(6-2)29(19)45-30(23-14-21-12-13-42-28(21)27(35)15-23)25-18-44(32(3,4)31(25)43-45)17-22-10-11-24(33(36,37)38)16-26(22)34(39,40)41/h7-16,42H,5-6,17-18H2,1-4H3. The molecule has 236 valence electrons. The second kappa shape index (κ2) is 10.8. The average Bonchev–Trinajstić information content (AvgIpc) is 3.66. The van der Waals surface area contributed by atoms with Crippen LogP contribution in [0.25, 0.3) is 27.8 Å². The molecule has 0 aliphatic carbocycles. The van der Waals surface area contributed by atoms with Crippen molar-refractivity contribution < 1.29 is 30.7 Å². The van der Waals surface area contributed by atoms with E-state index in [1.165, 1.54) is 6.07 Å². The molecule has 1 aliphatic rings. The third-order valence-corrected chi connectivity index (χ3v) is 8.87. The maximum atomic E-state index is 15.4. The van der Waals surface area contributed by atoms with Gasteiger partial charge in [-0.25, -0.2) is 9.07 Å². The van der Waals surface area contributed by atoms with Crippen LogP contribution in [-0.2, 0) is 43.8 Å². The highest BCUT2D eigenvalue weighted by Crippen LogP contribution is 2.47. The van der Waals surface area contributed by atoms with Crippen molar-refractivity contribution in [3.8, 4) is 16.9 Å². The summed E-state index contributed by atoms with van der Waals surface area (Å²) in [6, 6.07) is 12.8. The number of hydrogen-bond donors (Lipinski definition) is 1. The van der Waals surface area contributed by atoms with Crippen molar-refractivity contribution in [2.45, 2.75) is 71.5 Å². The molecule has 0 saturated heterocycles. The lowest BCUT2D eigenvalue weighted by Gasteiger charge is -2.33. The number of aromatic nitrogens is 3. The van der Waals surface area contributed by atoms with Crippen LogP contribution in [0, 0.1) is 5.82 Å². The molecule has 0 atom stereocenters. The highest BCUT2D eigenvalue weighted by molar-refractivity contribution is 5.86. The van der Waals surface area contributed by atoms with E-state index in [1.54, 1.807) is 17.2 Å². The molecule has 4 nitrogen and oxygen atoms in total. The number of H-pyrrole nitrogens is 1. The Hall–Kier alpha value is -4.12. The van der Waals surface area contributed by atoms with Crippen molar-refractivity contribution in [3.63, 3.8) is 0 Å². The number of aromatic amines is 1. The van der Waals surface area contributed by atoms with Gasteiger partial charge in [0.1, 0.15) is 5.82 Å². The van der Waals surface area contributed by atoms with Gasteiger partial charge in [0.25, 0.3) is 0 Å². The molecular formula is C34H31F7N4. The number of alkyl halides is 6. The van der Waals surface area contributed by atoms with Crippen LogP contribution < -0.4 is 0 Å². The fraction of sp³-hybridized carbons (Fsp3) is 0.324. The summed E-state index contributed by atoms with van der Waals surface area (Å²) in [5.41, 5.74) is 1.97. The smallest absolute Gasteiger partial charge is 0.359 e. The Morgan fingerprint density at radius 1 is 0.867 bits per heavy atom. The molecule has 0 radical (unpaired) electrons. The summed E-state index contributed by atoms with van der Waals surface area (Å²) in [5, 5.41) is 5.74. The molecule has 0 fully saturated rings. The molecule has 2 aromatic heterocycles. The Morgan fingerprint density at radius 2 is 1.56 bits per heavy atom. The minimum atomic E-state index is -4.99. The van der Waals surface area contributed by atoms with Gasteiger partial charge >= 0.3 is 12.4 Å². The zero-order valence-electron chi connectivity index (χ0n) is 25.1. The fourth-order valence-electron chi connectivity index (χ4n) is 6.45. The monoisotopic (exact) mass is 628 g/mol. The summed E-state index contributed by atoms with van der Waals surface area (Å²) >= 11 is 0. The Morgan fingerprint density at radius 3 is 2.18 bits per heavy atom. The number of hydrogen-bond acceptors (Lipinski definition) is 2. The Balaban J connectivity index is 1.53. The summed E-state index contributed by atoms with van der Waals surface area (Å²) in [5.74, 6) is -0.456. The minimum absolute atomic E-state index is 0.151. The van der Waals surface area contributed by atoms with Crippen molar-refractivity contribution in [1.29, 1.82) is 0 Å². The van der Waals surface area contributed by atoms with Crippen LogP contribution in [0.5, 0.6) is 0 Å². The summed E-state index contributed by atoms with van der Waals surface area (Å²) in [4.78, 5) is 4.68. The number of rotatable bonds is 6. The number of nitrogens with zero attached hydrogens (tertiary/aromatic N) is 3. The van der Waals surface area contributed by atoms with Crippen LogP contribution in [0.2, 0.25) is 0 Å². The van der Waals surface area contributed by atoms with Gasteiger partial charge in [-0.2, -0.15) is 31.4 Å². The number of nitrogens with one attached hydrogen (secondary N) is 1. The quantitative estimate of drug-likeness (QED) is 0.190. The van der Waals surface area contributed by atoms with E-state index < -0.39 is 34.8 Å². The van der Waals surface area contributed by atoms with Gasteiger partial charge in [-0.15, -0.1) is 0 Å². The highest BCUT2D eigenvalue weighted by Gasteiger charge is 2.45. The molecule has 0 bridgehead atoms. The second-order valence-electron chi connectivity index (χ2n) is 11.9. The zero-order chi connectivity index (χ0) is 32.5. The lowest BCUT2D eigenvalue weighted by Crippen LogP contribution is -2.36. The zero-order valence-corrected chi connectivity index (χ0v) is 25.1. The van der Waals surface area contributed by atoms with Gasteiger partial charge in [0.05, 0.1) is 39.3 Å². The molecule has 6 rings (SSSR count). The Kier molecular flexibility index (Phi) is 7.38. The number of fused-ring (bicyclic) bond motifs is 2. The van der Waals surface area contributed by atoms with E-state index in [0.717, 1.165) is 28.4 Å². The summed E-state index contributed by atoms with van der Waals surface area (Å²) in [6.07, 6.45) is -6.83. The molecule has 1 N–H and O–H groups in total. The van der Waals surface area contributed by atoms with E-state index >= 15 is 4.39 Å². The van der Waals surface area contributed by atoms with Crippen molar-refractivity contribution in [1.82, 2.24) is 19.7 Å². The van der Waals surface area contributed by atoms with Crippen molar-refractivity contribution in [3.05, 3.63) is 106 Å². The predicted molar refractivity (Wildman–Crippen MR) is 158 cm³/mol. The van der Waals surface area contributed by atoms with Gasteiger partial charge in [0, 0.05) is 35.8 Å². The van der Waals surface area contributed by atoms with Gasteiger partial charge in [-0.1, -0.05) is 38.1 Å². The normalized spacial score (nSPS) is 15.3. The number of para-hydroxylation sites is 1. The number of benzene rings is 3. The van der Waals surface area contributed by atoms with Crippen molar-refractivity contribution in [2.75, 3.05) is 0 Å². The van der Waals surface area contributed by atoms with E-state index in [-0.39, 0.29) is 24.7 Å². The maximum absolute atomic E-state index is 15.4. The number of aryl methyl sites for hydroxylation is 2. The molecule has 3 aromatic carbocycles. The fourth-order valence-corrected chi connectivity index (χ4v) is 6.45. The van der Waals surface area contributed by atoms with Crippen LogP contribution in [0.3, 0.4) is 0 Å². The maximum Gasteiger partial charge on any atom is 0.416 e. The molecule has 0 saturated carbocycles. The molecule has 0 unspecified atom stereocenters. The first kappa shape index (κ1) is 30.9. The van der Waals surface area contributed by atoms with Gasteiger partial charge in [-0.05, 0) is 73.7 Å². The van der Waals surface area contributed by atoms with Crippen LogP contribution in [0.1, 0.15) is 66.8 Å². The Labute approximate surface area is 255 Å². The largest absolute Gasteiger partial charge is 0.416 e. The van der Waals surface area contributed by atoms with Crippen LogP contribution in [0.15, 0.2) is 60.8 Å². The van der Waals surface area contributed by atoms with E-state index in [2.05, 4.69) is 4.98 Å². The third-order valence-electron chi connectivity index (χ3n) is 8.87. The first-order valence-electron chi connectivity index (χ1n) is 14.7. The highest BCUT2D eigenvalue weighted by atomic mass is 19.4. The molecule has 45 heavy (non-hydrogen) atoms. The Bertz CT molecular complexity index is 1890. The van der Waals surface area contributed by atoms with Crippen LogP contribution >= 0.6 is 0 Å². The van der Waals surface area contributed by atoms with Gasteiger partial charge in [0.2, 0.25) is 0 Å². The lowest BCUT2D eigenvalue weighted by molar-refractivity contribution is -0.143. The third kappa shape index (κ3) is 5.20. The second-order valence-corrected chi connectivity index (χ2v) is 11.9. The molecule has 11 heteroatoms. The number of halogens is 7. The van der Waals surface area contributed by atoms with E-state index in [1.807, 2.05) is 56.6 Å². The molecule has 3 heterocycles. The lowest BCUT2D eigenvalue weighted by atomic mass is 9.97. The van der Waals surface area contributed by atoms with Crippen LogP contribution in [0.4, 0.5) is 30.7 Å². The summed E-state index contributed by atoms with van der Waals surface area (Å²) < 4.78 is 99.4. The average molecular weight is 629 g/mol. The van der Waals surface area contributed by atoms with Gasteiger partial charge in [0.15, 0.2) is 0 Å². The molecule has 0 amide bonds. The van der Waals surface area contributed by atoms with Crippen molar-refractivity contribution >= 4 is 10.9 Å². The van der Waals surface area contributed by atoms with Gasteiger partial charge in [-0.3, -0.25) is 4.90 Å². The molecule has 5 aromatic rings. The molecule has 0 spiro atoms. The SMILES string of the molecule is CCc1cccc(CC)c1-n1nc2c(c1-c1cc(F)c3[nH]ccc3c1)CN(Cc1ccc(C(F)(F)F)cc1C(F)(F)F)C2(C)C. The van der Waals surface area contributed by atoms with E-state index in [9.17, 15) is 26.3 Å². The predicted octanol–water partition coefficient (Wildman–Crippen LogP) is 9.57. The van der Waals surface area contributed by atoms with E-state index in [0.29, 0.717) is 46.8 Å². The molecular weight excluding hydrogens is 597 g/mol. The first-order chi connectivity index (χ1) is 21.1. The van der Waals surface area contributed by atoms with Gasteiger partial charge < -0.3 is 4.98 Å². The summed E-state index contributed by atoms with van der Waals surface area (Å²) in [7, 11) is 0. The van der Waals surface area contributed by atoms with Crippen molar-refractivity contribution in [2.24, 2.45) is 0 Å². The van der Waals surface area contributed by atoms with E-state index in [4.69, 9.17) is 5.10 Å². The first-order valence-corrected chi connectivity index (χ1v) is 14.7. The summed E-state index contributed by atoms with van der Waals surface area (Å²) in [6.45, 7) is 7.62. The topological polar surface area (TPSA) is 36.9 Å². The van der Waals surface area contributed by atoms with Crippen LogP contribution in [-0.4, -0.2) is 19.7 Å². The minimum Gasteiger partial charge on any atom is -0.359 e.